The monoisotopic (exact) mass is 1430 g/mol. The molecule has 0 unspecified atom stereocenters. The maximum Gasteiger partial charge on any atom is 0.162 e. The number of thioether (sulfide) groups is 5. The van der Waals surface area contributed by atoms with Gasteiger partial charge in [-0.1, -0.05) is 85.5 Å². The maximum absolute atomic E-state index is 10.4. The highest BCUT2D eigenvalue weighted by Crippen LogP contribution is 2.44. The van der Waals surface area contributed by atoms with E-state index in [0.717, 1.165) is 91.3 Å². The zero-order valence-corrected chi connectivity index (χ0v) is 57.2. The van der Waals surface area contributed by atoms with Gasteiger partial charge in [0.05, 0.1) is 42.5 Å². The van der Waals surface area contributed by atoms with Crippen molar-refractivity contribution >= 4 is 84.6 Å². The van der Waals surface area contributed by atoms with Crippen LogP contribution in [-0.2, 0) is 23.7 Å². The minimum Gasteiger partial charge on any atom is -0.394 e. The van der Waals surface area contributed by atoms with Crippen LogP contribution in [0.3, 0.4) is 0 Å². The molecule has 536 valence electrons. The van der Waals surface area contributed by atoms with Crippen LogP contribution in [0.1, 0.15) is 87.2 Å². The molecule has 0 spiro atoms. The second-order valence-corrected chi connectivity index (χ2v) is 30.8. The molecule has 0 aromatic heterocycles. The third-order valence-electron chi connectivity index (χ3n) is 19.5. The summed E-state index contributed by atoms with van der Waals surface area (Å²) in [6.45, 7) is 14.2. The van der Waals surface area contributed by atoms with E-state index >= 15 is 0 Å². The lowest BCUT2D eigenvalue weighted by molar-refractivity contribution is -0.164. The number of rotatable bonds is 7. The molecule has 15 heterocycles. The number of nitrogens with zero attached hydrogens (tertiary/aromatic N) is 10. The van der Waals surface area contributed by atoms with E-state index in [-0.39, 0.29) is 76.8 Å². The van der Waals surface area contributed by atoms with Gasteiger partial charge in [-0.15, -0.1) is 0 Å². The van der Waals surface area contributed by atoms with E-state index in [1.54, 1.807) is 35.3 Å². The summed E-state index contributed by atoms with van der Waals surface area (Å²) in [5.74, 6) is 0. The minimum absolute atomic E-state index is 0.131. The highest BCUT2D eigenvalue weighted by molar-refractivity contribution is 8.15. The Morgan fingerprint density at radius 1 is 0.383 bits per heavy atom. The molecule has 25 atom stereocenters. The van der Waals surface area contributed by atoms with E-state index in [2.05, 4.69) is 54.8 Å². The summed E-state index contributed by atoms with van der Waals surface area (Å²) in [5.41, 5.74) is -1.01. The average molecular weight is 1430 g/mol. The second kappa shape index (κ2) is 34.7. The highest BCUT2D eigenvalue weighted by atomic mass is 32.2. The number of fused-ring (bicyclic) bond motifs is 5. The Labute approximate surface area is 572 Å². The summed E-state index contributed by atoms with van der Waals surface area (Å²) in [6, 6.07) is -1.27. The van der Waals surface area contributed by atoms with Crippen LogP contribution in [0.25, 0.3) is 0 Å². The first-order chi connectivity index (χ1) is 46.4. The van der Waals surface area contributed by atoms with Crippen LogP contribution in [-0.4, -0.2) is 366 Å². The number of amidine groups is 5. The second-order valence-electron chi connectivity index (χ2n) is 25.5. The molecule has 0 aromatic rings. The third-order valence-corrected chi connectivity index (χ3v) is 25.5. The van der Waals surface area contributed by atoms with E-state index in [0.29, 0.717) is 25.4 Å². The molecule has 0 bridgehead atoms. The molecule has 10 saturated heterocycles. The SMILES string of the molecule is CC[C@H]1O[C@@H]2SC(N3CCC3)=N[C@@H]2[C@@H](O)[C@@H]1O.CC[C@H]1O[C@@H]2SC(N3CCC3)=N[C@@H]2[C@@H](O)[C@@H]1O.OC[C@H]1O[C@@H]2SC(N3CCC3)=N[C@@H]2[C@@H](O)[C@@H]1O.OC[C@H]1O[C@@H]2SC(N3CCC3)=N[C@@H]2[C@@H](O)[C@@H]1O.O[C@H]1[C@H](O)[C@@H](CNC2CCCC2)O[C@@H]2SC(N3CCC3)=N[C@H]12.[2H]CF.[2H]CF. The Kier molecular flexibility index (Phi) is 26.6. The van der Waals surface area contributed by atoms with Crippen molar-refractivity contribution in [3.8, 4) is 0 Å². The Bertz CT molecular complexity index is 2370. The molecule has 16 aliphatic rings. The van der Waals surface area contributed by atoms with Crippen molar-refractivity contribution in [2.24, 2.45) is 25.0 Å². The van der Waals surface area contributed by atoms with Crippen molar-refractivity contribution in [1.82, 2.24) is 29.8 Å². The van der Waals surface area contributed by atoms with Gasteiger partial charge >= 0.3 is 0 Å². The molecular weight excluding hydrogens is 1330 g/mol. The van der Waals surface area contributed by atoms with Gasteiger partial charge in [0.2, 0.25) is 0 Å². The summed E-state index contributed by atoms with van der Waals surface area (Å²) in [5, 5.41) is 126. The lowest BCUT2D eigenvalue weighted by Gasteiger charge is -2.38. The number of aliphatic hydroxyl groups is 12. The number of ether oxygens (including phenoxy) is 5. The topological polar surface area (TPSA) is 379 Å². The summed E-state index contributed by atoms with van der Waals surface area (Å²) < 4.78 is 59.8. The molecule has 0 amide bonds. The number of aliphatic imine (C=N–C) groups is 5. The van der Waals surface area contributed by atoms with Crippen LogP contribution in [0, 0.1) is 0 Å². The average Bonchev–Trinajstić information content (AvgIpc) is 1.67. The predicted molar refractivity (Wildman–Crippen MR) is 357 cm³/mol. The lowest BCUT2D eigenvalue weighted by atomic mass is 9.97. The maximum atomic E-state index is 10.4. The van der Waals surface area contributed by atoms with Gasteiger partial charge in [0.1, 0.15) is 137 Å². The summed E-state index contributed by atoms with van der Waals surface area (Å²) >= 11 is 7.72. The molecule has 11 fully saturated rings. The Morgan fingerprint density at radius 2 is 0.606 bits per heavy atom. The van der Waals surface area contributed by atoms with Crippen LogP contribution >= 0.6 is 58.8 Å². The molecular formula is C59H99F2N11O17S5. The summed E-state index contributed by atoms with van der Waals surface area (Å²) in [7, 11) is -2.00. The molecule has 28 nitrogen and oxygen atoms in total. The normalized spacial score (nSPS) is 43.0. The fourth-order valence-electron chi connectivity index (χ4n) is 12.9. The molecule has 13 N–H and O–H groups in total. The predicted octanol–water partition coefficient (Wildman–Crippen LogP) is -1.44. The van der Waals surface area contributed by atoms with Gasteiger partial charge in [0, 0.05) is 78.0 Å². The van der Waals surface area contributed by atoms with Crippen molar-refractivity contribution < 1.29 is 96.5 Å². The minimum atomic E-state index is -1.07. The number of hydrogen-bond donors (Lipinski definition) is 13. The fraction of sp³-hybridized carbons (Fsp3) is 0.915. The van der Waals surface area contributed by atoms with Gasteiger partial charge in [0.15, 0.2) is 25.8 Å². The molecule has 15 aliphatic heterocycles. The van der Waals surface area contributed by atoms with Crippen LogP contribution in [0.4, 0.5) is 8.78 Å². The Morgan fingerprint density at radius 3 is 0.830 bits per heavy atom. The highest BCUT2D eigenvalue weighted by Gasteiger charge is 2.54. The largest absolute Gasteiger partial charge is 0.394 e. The first-order valence-corrected chi connectivity index (χ1v) is 37.5. The van der Waals surface area contributed by atoms with E-state index in [1.165, 1.54) is 81.3 Å². The summed E-state index contributed by atoms with van der Waals surface area (Å²) in [4.78, 5) is 33.3. The smallest absolute Gasteiger partial charge is 0.162 e. The quantitative estimate of drug-likeness (QED) is 0.139. The molecule has 94 heavy (non-hydrogen) atoms. The number of hydrogen-bond acceptors (Lipinski definition) is 33. The molecule has 16 rings (SSSR count). The Balaban J connectivity index is 0.000000128. The van der Waals surface area contributed by atoms with Crippen molar-refractivity contribution in [1.29, 1.82) is 0 Å². The first kappa shape index (κ1) is 72.0. The van der Waals surface area contributed by atoms with Crippen molar-refractivity contribution in [2.75, 3.05) is 99.5 Å². The zero-order valence-electron chi connectivity index (χ0n) is 55.1. The van der Waals surface area contributed by atoms with Gasteiger partial charge in [-0.25, -0.2) is 0 Å². The molecule has 1 aliphatic carbocycles. The van der Waals surface area contributed by atoms with Crippen molar-refractivity contribution in [2.45, 2.75) is 239 Å². The van der Waals surface area contributed by atoms with Crippen LogP contribution in [0.15, 0.2) is 25.0 Å². The number of nitrogens with one attached hydrogen (secondary N) is 1. The molecule has 35 heteroatoms. The zero-order chi connectivity index (χ0) is 68.5. The summed E-state index contributed by atoms with van der Waals surface area (Å²) in [6.07, 6.45) is 1.01. The van der Waals surface area contributed by atoms with Crippen LogP contribution in [0.5, 0.6) is 0 Å². The number of alkyl halides is 2. The lowest BCUT2D eigenvalue weighted by Crippen LogP contribution is -2.57. The van der Waals surface area contributed by atoms with E-state index in [4.69, 9.17) is 36.6 Å². The van der Waals surface area contributed by atoms with Crippen LogP contribution < -0.4 is 5.32 Å². The molecule has 0 radical (unpaired) electrons. The molecule has 1 saturated carbocycles. The van der Waals surface area contributed by atoms with E-state index in [9.17, 15) is 59.8 Å². The van der Waals surface area contributed by atoms with Gasteiger partial charge in [-0.05, 0) is 57.8 Å². The van der Waals surface area contributed by atoms with Crippen molar-refractivity contribution in [3.05, 3.63) is 0 Å². The number of likely N-dealkylation sites (tertiary alicyclic amines) is 5. The van der Waals surface area contributed by atoms with Gasteiger partial charge in [-0.3, -0.25) is 33.7 Å². The van der Waals surface area contributed by atoms with E-state index in [1.807, 2.05) is 13.8 Å². The number of halogens is 2. The third kappa shape index (κ3) is 16.6. The standard InChI is InChI=1S/C15H25N3O3S.2C11H18N2O3S.2C10H16N2O4S.2CH3F/c19-12-10(8-16-9-4-1-2-5-9)21-14-11(13(12)20)17-15(22-14)18-6-3-7-18;2*1-2-6-8(14)9(15)7-10(16-6)17-11(12-7)13-4-3-5-13;2*13-4-5-7(14)8(15)6-9(16-5)17-10(11-6)12-2-1-3-12;2*1-2/h9-14,16,19-20H,1-8H2;2*6-10,14-15H,2-5H2,1H3;2*5-9,13-15H,1-4H2;2*1H3/t10-,11-,12-,13-,14-;2*6-,7-,8-,9-,10-;2*5-,6-,7-,8-,9-;;/m11111../s1/i;;;;;2*1D. The Hall–Kier alpha value is -1.76. The van der Waals surface area contributed by atoms with E-state index < -0.39 is 99.6 Å². The van der Waals surface area contributed by atoms with Crippen molar-refractivity contribution in [3.63, 3.8) is 0 Å². The van der Waals surface area contributed by atoms with Gasteiger partial charge in [0.25, 0.3) is 0 Å². The fourth-order valence-corrected chi connectivity index (χ4v) is 19.3. The number of aliphatic hydroxyl groups excluding tert-OH is 12. The molecule has 0 aromatic carbocycles. The van der Waals surface area contributed by atoms with Gasteiger partial charge < -0.3 is 115 Å². The first-order valence-electron chi connectivity index (χ1n) is 34.5. The van der Waals surface area contributed by atoms with Gasteiger partial charge in [-0.2, -0.15) is 0 Å². The van der Waals surface area contributed by atoms with Crippen LogP contribution in [0.2, 0.25) is 0 Å².